The Bertz CT molecular complexity index is 715. The van der Waals surface area contributed by atoms with Gasteiger partial charge in [0.2, 0.25) is 5.78 Å². The quantitative estimate of drug-likeness (QED) is 0.387. The van der Waals surface area contributed by atoms with Crippen molar-refractivity contribution in [3.63, 3.8) is 0 Å². The zero-order valence-corrected chi connectivity index (χ0v) is 15.0. The number of benzene rings is 2. The zero-order valence-electron chi connectivity index (χ0n) is 14.2. The number of Topliss-reactive ketones (excluding diaryl/α,β-unsaturated/α-hetero) is 1. The number of carbonyl (C=O) groups excluding carboxylic acids is 2. The minimum absolute atomic E-state index is 0.243. The Morgan fingerprint density at radius 2 is 1.76 bits per heavy atom. The Hall–Kier alpha value is -2.47. The molecule has 0 bridgehead atoms. The molecule has 0 aromatic heterocycles. The summed E-state index contributed by atoms with van der Waals surface area (Å²) < 4.78 is 15.3. The maximum Gasteiger partial charge on any atom is 0.307 e. The van der Waals surface area contributed by atoms with E-state index in [0.29, 0.717) is 22.8 Å². The molecule has 2 aromatic carbocycles. The van der Waals surface area contributed by atoms with E-state index >= 15 is 0 Å². The van der Waals surface area contributed by atoms with Crippen molar-refractivity contribution in [2.24, 2.45) is 0 Å². The molecule has 25 heavy (non-hydrogen) atoms. The molecule has 0 saturated heterocycles. The fourth-order valence-electron chi connectivity index (χ4n) is 2.09. The summed E-state index contributed by atoms with van der Waals surface area (Å²) >= 11 is 1.57. The van der Waals surface area contributed by atoms with Crippen molar-refractivity contribution in [1.29, 1.82) is 0 Å². The highest BCUT2D eigenvalue weighted by Gasteiger charge is 2.15. The molecule has 0 amide bonds. The first-order valence-electron chi connectivity index (χ1n) is 7.72. The monoisotopic (exact) mass is 360 g/mol. The fourth-order valence-corrected chi connectivity index (χ4v) is 2.95. The minimum Gasteiger partial charge on any atom is -0.497 e. The summed E-state index contributed by atoms with van der Waals surface area (Å²) in [4.78, 5) is 25.1. The largest absolute Gasteiger partial charge is 0.497 e. The molecule has 6 heteroatoms. The number of carbonyl (C=O) groups is 2. The summed E-state index contributed by atoms with van der Waals surface area (Å²) in [5, 5.41) is 0. The highest BCUT2D eigenvalue weighted by molar-refractivity contribution is 7.99. The predicted molar refractivity (Wildman–Crippen MR) is 96.6 cm³/mol. The van der Waals surface area contributed by atoms with Crippen LogP contribution < -0.4 is 9.47 Å². The average molecular weight is 360 g/mol. The predicted octanol–water partition coefficient (Wildman–Crippen LogP) is 3.61. The van der Waals surface area contributed by atoms with Crippen LogP contribution in [0.4, 0.5) is 0 Å². The van der Waals surface area contributed by atoms with Crippen molar-refractivity contribution in [1.82, 2.24) is 0 Å². The normalized spacial score (nSPS) is 10.2. The number of thioether (sulfide) groups is 1. The number of hydrogen-bond acceptors (Lipinski definition) is 6. The Morgan fingerprint density at radius 3 is 2.44 bits per heavy atom. The first-order valence-corrected chi connectivity index (χ1v) is 8.71. The molecular formula is C19H20O5S. The number of esters is 1. The lowest BCUT2D eigenvalue weighted by Crippen LogP contribution is -2.15. The van der Waals surface area contributed by atoms with Gasteiger partial charge in [0.05, 0.1) is 26.2 Å². The summed E-state index contributed by atoms with van der Waals surface area (Å²) in [6.07, 6.45) is 0.243. The van der Waals surface area contributed by atoms with Crippen molar-refractivity contribution >= 4 is 23.5 Å². The third-order valence-corrected chi connectivity index (χ3v) is 4.41. The second kappa shape index (κ2) is 9.74. The summed E-state index contributed by atoms with van der Waals surface area (Å²) in [5.41, 5.74) is 0.356. The number of methoxy groups -OCH3 is 2. The molecule has 0 N–H and O–H groups in total. The molecule has 2 rings (SSSR count). The Kier molecular flexibility index (Phi) is 7.35. The molecule has 2 aromatic rings. The topological polar surface area (TPSA) is 61.8 Å². The maximum atomic E-state index is 12.2. The van der Waals surface area contributed by atoms with E-state index < -0.39 is 5.97 Å². The molecule has 0 aliphatic carbocycles. The van der Waals surface area contributed by atoms with Gasteiger partial charge in [0.15, 0.2) is 6.61 Å². The third-order valence-electron chi connectivity index (χ3n) is 3.39. The van der Waals surface area contributed by atoms with Gasteiger partial charge < -0.3 is 14.2 Å². The molecule has 0 atom stereocenters. The number of ketones is 1. The lowest BCUT2D eigenvalue weighted by atomic mass is 10.1. The Labute approximate surface area is 151 Å². The van der Waals surface area contributed by atoms with Gasteiger partial charge in [0.25, 0.3) is 0 Å². The molecule has 0 unspecified atom stereocenters. The summed E-state index contributed by atoms with van der Waals surface area (Å²) in [6, 6.07) is 14.7. The first kappa shape index (κ1) is 18.9. The minimum atomic E-state index is -0.399. The van der Waals surface area contributed by atoms with Crippen LogP contribution in [0.2, 0.25) is 0 Å². The fraction of sp³-hybridized carbons (Fsp3) is 0.263. The molecular weight excluding hydrogens is 340 g/mol. The first-order chi connectivity index (χ1) is 12.1. The van der Waals surface area contributed by atoms with Crippen molar-refractivity contribution in [3.8, 4) is 11.5 Å². The Morgan fingerprint density at radius 1 is 1.00 bits per heavy atom. The summed E-state index contributed by atoms with van der Waals surface area (Å²) in [7, 11) is 3.00. The molecule has 0 aliphatic rings. The van der Waals surface area contributed by atoms with Gasteiger partial charge in [-0.3, -0.25) is 9.59 Å². The number of ether oxygens (including phenoxy) is 3. The van der Waals surface area contributed by atoms with Gasteiger partial charge in [0, 0.05) is 16.7 Å². The maximum absolute atomic E-state index is 12.2. The van der Waals surface area contributed by atoms with E-state index in [2.05, 4.69) is 0 Å². The van der Waals surface area contributed by atoms with Gasteiger partial charge in [-0.1, -0.05) is 18.2 Å². The molecule has 0 heterocycles. The Balaban J connectivity index is 1.80. The van der Waals surface area contributed by atoms with Crippen molar-refractivity contribution in [2.45, 2.75) is 11.3 Å². The molecule has 5 nitrogen and oxygen atoms in total. The van der Waals surface area contributed by atoms with Gasteiger partial charge in [0.1, 0.15) is 11.5 Å². The highest BCUT2D eigenvalue weighted by Crippen LogP contribution is 2.25. The van der Waals surface area contributed by atoms with E-state index in [1.165, 1.54) is 14.2 Å². The van der Waals surface area contributed by atoms with Crippen molar-refractivity contribution in [3.05, 3.63) is 54.1 Å². The number of rotatable bonds is 9. The van der Waals surface area contributed by atoms with E-state index in [9.17, 15) is 9.59 Å². The van der Waals surface area contributed by atoms with Gasteiger partial charge >= 0.3 is 5.97 Å². The van der Waals surface area contributed by atoms with Crippen LogP contribution in [0.25, 0.3) is 0 Å². The second-order valence-electron chi connectivity index (χ2n) is 5.06. The lowest BCUT2D eigenvalue weighted by molar-refractivity contribution is -0.141. The second-order valence-corrected chi connectivity index (χ2v) is 6.23. The van der Waals surface area contributed by atoms with Crippen LogP contribution in [0.15, 0.2) is 53.4 Å². The SMILES string of the molecule is COc1ccc(C(=O)COC(=O)CCSc2ccccc2)c(OC)c1. The van der Waals surface area contributed by atoms with E-state index in [0.717, 1.165) is 4.90 Å². The van der Waals surface area contributed by atoms with Crippen LogP contribution in [0.5, 0.6) is 11.5 Å². The summed E-state index contributed by atoms with van der Waals surface area (Å²) in [6.45, 7) is -0.308. The molecule has 0 fully saturated rings. The van der Waals surface area contributed by atoms with Crippen LogP contribution in [0.1, 0.15) is 16.8 Å². The zero-order chi connectivity index (χ0) is 18.1. The van der Waals surface area contributed by atoms with Crippen LogP contribution in [-0.2, 0) is 9.53 Å². The summed E-state index contributed by atoms with van der Waals surface area (Å²) in [5.74, 6) is 0.860. The van der Waals surface area contributed by atoms with E-state index in [-0.39, 0.29) is 18.8 Å². The van der Waals surface area contributed by atoms with Crippen LogP contribution in [0.3, 0.4) is 0 Å². The van der Waals surface area contributed by atoms with E-state index in [1.807, 2.05) is 30.3 Å². The van der Waals surface area contributed by atoms with E-state index in [4.69, 9.17) is 14.2 Å². The molecule has 0 spiro atoms. The van der Waals surface area contributed by atoms with Crippen LogP contribution >= 0.6 is 11.8 Å². The van der Waals surface area contributed by atoms with Crippen LogP contribution in [-0.4, -0.2) is 38.3 Å². The van der Waals surface area contributed by atoms with Gasteiger partial charge in [-0.05, 0) is 24.3 Å². The molecule has 0 aliphatic heterocycles. The molecule has 0 saturated carbocycles. The smallest absolute Gasteiger partial charge is 0.307 e. The highest BCUT2D eigenvalue weighted by atomic mass is 32.2. The number of hydrogen-bond donors (Lipinski definition) is 0. The third kappa shape index (κ3) is 5.83. The lowest BCUT2D eigenvalue weighted by Gasteiger charge is -2.10. The van der Waals surface area contributed by atoms with Gasteiger partial charge in [-0.25, -0.2) is 0 Å². The van der Waals surface area contributed by atoms with E-state index in [1.54, 1.807) is 30.0 Å². The molecule has 132 valence electrons. The van der Waals surface area contributed by atoms with Crippen molar-refractivity contribution in [2.75, 3.05) is 26.6 Å². The average Bonchev–Trinajstić information content (AvgIpc) is 2.66. The van der Waals surface area contributed by atoms with Crippen molar-refractivity contribution < 1.29 is 23.8 Å². The molecule has 0 radical (unpaired) electrons. The van der Waals surface area contributed by atoms with Crippen LogP contribution in [0, 0.1) is 0 Å². The standard InChI is InChI=1S/C19H20O5S/c1-22-14-8-9-16(18(12-14)23-2)17(20)13-24-19(21)10-11-25-15-6-4-3-5-7-15/h3-9,12H,10-11,13H2,1-2H3. The van der Waals surface area contributed by atoms with Gasteiger partial charge in [-0.2, -0.15) is 0 Å². The van der Waals surface area contributed by atoms with Gasteiger partial charge in [-0.15, -0.1) is 11.8 Å².